The number of ether oxygens (including phenoxy) is 1. The van der Waals surface area contributed by atoms with Crippen molar-refractivity contribution in [1.29, 1.82) is 0 Å². The SMILES string of the molecule is CCC/C=C\C/C=C\CCCCCCCC(=O)OCCCCCCCC/C=C\C/C=C\CCC(=O)NC(CO)C(O)/C=C/CCCCCCCCCCCCCCCCCCCCCCC. The van der Waals surface area contributed by atoms with Crippen LogP contribution in [0.3, 0.4) is 0 Å². The lowest BCUT2D eigenvalue weighted by Crippen LogP contribution is -2.45. The largest absolute Gasteiger partial charge is 0.466 e. The number of carbonyl (C=O) groups excluding carboxylic acids is 2. The van der Waals surface area contributed by atoms with Crippen LogP contribution in [0.5, 0.6) is 0 Å². The zero-order chi connectivity index (χ0) is 47.9. The molecular formula is C60H109NO5. The first-order valence-corrected chi connectivity index (χ1v) is 28.6. The van der Waals surface area contributed by atoms with E-state index in [1.165, 1.54) is 186 Å². The molecule has 0 heterocycles. The van der Waals surface area contributed by atoms with E-state index >= 15 is 0 Å². The summed E-state index contributed by atoms with van der Waals surface area (Å²) in [7, 11) is 0. The number of amides is 1. The second-order valence-corrected chi connectivity index (χ2v) is 19.3. The molecule has 0 fully saturated rings. The van der Waals surface area contributed by atoms with E-state index < -0.39 is 12.1 Å². The molecule has 0 aromatic heterocycles. The highest BCUT2D eigenvalue weighted by Crippen LogP contribution is 2.16. The number of allylic oxidation sites excluding steroid dienone is 9. The predicted octanol–water partition coefficient (Wildman–Crippen LogP) is 17.6. The van der Waals surface area contributed by atoms with Crippen LogP contribution >= 0.6 is 0 Å². The quantitative estimate of drug-likeness (QED) is 0.0321. The first-order valence-electron chi connectivity index (χ1n) is 28.6. The van der Waals surface area contributed by atoms with E-state index in [0.717, 1.165) is 64.2 Å². The predicted molar refractivity (Wildman–Crippen MR) is 287 cm³/mol. The van der Waals surface area contributed by atoms with Gasteiger partial charge in [0.25, 0.3) is 0 Å². The molecule has 0 bridgehead atoms. The topological polar surface area (TPSA) is 95.9 Å². The third kappa shape index (κ3) is 51.0. The van der Waals surface area contributed by atoms with Gasteiger partial charge < -0.3 is 20.3 Å². The molecule has 1 amide bonds. The standard InChI is InChI=1S/C60H109NO5/c1-3-5-7-9-11-13-15-17-18-19-20-21-22-23-24-25-26-29-32-36-40-44-48-52-58(63)57(56-62)61-59(64)53-49-45-41-37-33-30-27-31-35-39-43-47-51-55-66-60(65)54-50-46-42-38-34-28-16-14-12-10-8-6-4-2/h8,10,14,16,30,33,41,45,48,52,57-58,62-63H,3-7,9,11-13,15,17-29,31-32,34-40,42-44,46-47,49-51,53-56H2,1-2H3,(H,61,64)/b10-8-,16-14-,33-30-,45-41-,52-48+. The van der Waals surface area contributed by atoms with Crippen LogP contribution in [0.4, 0.5) is 0 Å². The molecule has 2 atom stereocenters. The fraction of sp³-hybridized carbons (Fsp3) is 0.800. The van der Waals surface area contributed by atoms with Crippen LogP contribution in [-0.2, 0) is 14.3 Å². The highest BCUT2D eigenvalue weighted by molar-refractivity contribution is 5.76. The highest BCUT2D eigenvalue weighted by Gasteiger charge is 2.17. The van der Waals surface area contributed by atoms with Gasteiger partial charge in [0.2, 0.25) is 5.91 Å². The summed E-state index contributed by atoms with van der Waals surface area (Å²) in [6.45, 7) is 4.77. The molecule has 0 aromatic rings. The summed E-state index contributed by atoms with van der Waals surface area (Å²) in [5, 5.41) is 23.1. The molecule has 66 heavy (non-hydrogen) atoms. The lowest BCUT2D eigenvalue weighted by Gasteiger charge is -2.19. The van der Waals surface area contributed by atoms with Crippen LogP contribution in [-0.4, -0.2) is 47.4 Å². The highest BCUT2D eigenvalue weighted by atomic mass is 16.5. The first kappa shape index (κ1) is 63.6. The van der Waals surface area contributed by atoms with E-state index in [-0.39, 0.29) is 18.5 Å². The smallest absolute Gasteiger partial charge is 0.305 e. The van der Waals surface area contributed by atoms with Crippen molar-refractivity contribution in [3.05, 3.63) is 60.8 Å². The van der Waals surface area contributed by atoms with Gasteiger partial charge in [0.15, 0.2) is 0 Å². The second-order valence-electron chi connectivity index (χ2n) is 19.3. The van der Waals surface area contributed by atoms with Crippen molar-refractivity contribution in [2.45, 2.75) is 296 Å². The maximum absolute atomic E-state index is 12.4. The van der Waals surface area contributed by atoms with E-state index in [4.69, 9.17) is 4.74 Å². The summed E-state index contributed by atoms with van der Waals surface area (Å²) in [5.41, 5.74) is 0. The Hall–Kier alpha value is -2.44. The summed E-state index contributed by atoms with van der Waals surface area (Å²) in [6, 6.07) is -0.675. The Morgan fingerprint density at radius 1 is 0.424 bits per heavy atom. The minimum atomic E-state index is -0.882. The monoisotopic (exact) mass is 924 g/mol. The molecule has 6 heteroatoms. The Kier molecular flexibility index (Phi) is 53.1. The fourth-order valence-electron chi connectivity index (χ4n) is 8.37. The maximum Gasteiger partial charge on any atom is 0.305 e. The van der Waals surface area contributed by atoms with Gasteiger partial charge in [0.1, 0.15) is 0 Å². The summed E-state index contributed by atoms with van der Waals surface area (Å²) in [5.74, 6) is -0.183. The number of hydrogen-bond acceptors (Lipinski definition) is 5. The van der Waals surface area contributed by atoms with Crippen molar-refractivity contribution in [2.24, 2.45) is 0 Å². The van der Waals surface area contributed by atoms with Crippen molar-refractivity contribution < 1.29 is 24.5 Å². The lowest BCUT2D eigenvalue weighted by atomic mass is 10.0. The van der Waals surface area contributed by atoms with E-state index in [1.807, 2.05) is 12.2 Å². The molecule has 0 saturated heterocycles. The van der Waals surface area contributed by atoms with Crippen molar-refractivity contribution in [3.8, 4) is 0 Å². The Morgan fingerprint density at radius 2 is 0.803 bits per heavy atom. The van der Waals surface area contributed by atoms with Gasteiger partial charge in [-0.1, -0.05) is 254 Å². The molecule has 2 unspecified atom stereocenters. The molecule has 0 radical (unpaired) electrons. The van der Waals surface area contributed by atoms with Gasteiger partial charge >= 0.3 is 5.97 Å². The van der Waals surface area contributed by atoms with Crippen LogP contribution in [0.25, 0.3) is 0 Å². The number of aliphatic hydroxyl groups is 2. The molecule has 0 aromatic carbocycles. The third-order valence-electron chi connectivity index (χ3n) is 12.7. The number of nitrogens with one attached hydrogen (secondary N) is 1. The van der Waals surface area contributed by atoms with Crippen molar-refractivity contribution >= 4 is 11.9 Å². The Balaban J connectivity index is 3.59. The van der Waals surface area contributed by atoms with Gasteiger partial charge in [-0.15, -0.1) is 0 Å². The molecule has 6 nitrogen and oxygen atoms in total. The van der Waals surface area contributed by atoms with Crippen molar-refractivity contribution in [1.82, 2.24) is 5.32 Å². The van der Waals surface area contributed by atoms with Gasteiger partial charge in [0.05, 0.1) is 25.4 Å². The van der Waals surface area contributed by atoms with Crippen LogP contribution in [0.1, 0.15) is 284 Å². The third-order valence-corrected chi connectivity index (χ3v) is 12.7. The van der Waals surface area contributed by atoms with Crippen LogP contribution in [0.15, 0.2) is 60.8 Å². The Labute approximate surface area is 409 Å². The normalized spacial score (nSPS) is 13.1. The molecule has 0 aliphatic heterocycles. The summed E-state index contributed by atoms with van der Waals surface area (Å²) in [6.07, 6.45) is 71.1. The molecule has 0 saturated carbocycles. The zero-order valence-electron chi connectivity index (χ0n) is 43.7. The molecule has 384 valence electrons. The van der Waals surface area contributed by atoms with Crippen molar-refractivity contribution in [3.63, 3.8) is 0 Å². The summed E-state index contributed by atoms with van der Waals surface area (Å²) < 4.78 is 5.44. The van der Waals surface area contributed by atoms with Gasteiger partial charge in [-0.25, -0.2) is 0 Å². The fourth-order valence-corrected chi connectivity index (χ4v) is 8.37. The van der Waals surface area contributed by atoms with Crippen molar-refractivity contribution in [2.75, 3.05) is 13.2 Å². The van der Waals surface area contributed by atoms with E-state index in [2.05, 4.69) is 61.7 Å². The minimum Gasteiger partial charge on any atom is -0.466 e. The zero-order valence-corrected chi connectivity index (χ0v) is 43.7. The summed E-state index contributed by atoms with van der Waals surface area (Å²) in [4.78, 5) is 24.4. The Bertz CT molecular complexity index is 1160. The van der Waals surface area contributed by atoms with Crippen LogP contribution < -0.4 is 5.32 Å². The maximum atomic E-state index is 12.4. The molecule has 0 aliphatic carbocycles. The molecule has 0 spiro atoms. The molecular weight excluding hydrogens is 815 g/mol. The number of hydrogen-bond donors (Lipinski definition) is 3. The van der Waals surface area contributed by atoms with Gasteiger partial charge in [-0.2, -0.15) is 0 Å². The van der Waals surface area contributed by atoms with Crippen LogP contribution in [0, 0.1) is 0 Å². The average molecular weight is 925 g/mol. The van der Waals surface area contributed by atoms with E-state index in [9.17, 15) is 19.8 Å². The molecule has 0 aliphatic rings. The lowest BCUT2D eigenvalue weighted by molar-refractivity contribution is -0.143. The average Bonchev–Trinajstić information content (AvgIpc) is 3.32. The molecule has 3 N–H and O–H groups in total. The number of carbonyl (C=O) groups is 2. The Morgan fingerprint density at radius 3 is 1.24 bits per heavy atom. The summed E-state index contributed by atoms with van der Waals surface area (Å²) >= 11 is 0. The van der Waals surface area contributed by atoms with Gasteiger partial charge in [0, 0.05) is 12.8 Å². The number of aliphatic hydroxyl groups excluding tert-OH is 2. The second kappa shape index (κ2) is 55.2. The van der Waals surface area contributed by atoms with E-state index in [0.29, 0.717) is 25.9 Å². The number of unbranched alkanes of at least 4 members (excludes halogenated alkanes) is 33. The first-order chi connectivity index (χ1) is 32.5. The van der Waals surface area contributed by atoms with Gasteiger partial charge in [-0.05, 0) is 77.0 Å². The van der Waals surface area contributed by atoms with E-state index in [1.54, 1.807) is 6.08 Å². The minimum absolute atomic E-state index is 0.0343. The molecule has 0 rings (SSSR count). The van der Waals surface area contributed by atoms with Gasteiger partial charge in [-0.3, -0.25) is 9.59 Å². The number of esters is 1. The number of rotatable bonds is 52. The van der Waals surface area contributed by atoms with Crippen LogP contribution in [0.2, 0.25) is 0 Å².